The van der Waals surface area contributed by atoms with Crippen LogP contribution in [0.15, 0.2) is 22.8 Å². The van der Waals surface area contributed by atoms with E-state index < -0.39 is 9.84 Å². The molecule has 17 heavy (non-hydrogen) atoms. The molecule has 1 aromatic rings. The minimum Gasteiger partial charge on any atom is -0.469 e. The molecule has 0 saturated carbocycles. The van der Waals surface area contributed by atoms with Gasteiger partial charge in [0.1, 0.15) is 5.76 Å². The lowest BCUT2D eigenvalue weighted by Crippen LogP contribution is -2.28. The first-order chi connectivity index (χ1) is 8.02. The number of aryl methyl sites for hydroxylation is 1. The fraction of sp³-hybridized carbons (Fsp3) is 0.667. The quantitative estimate of drug-likeness (QED) is 0.721. The average Bonchev–Trinajstić information content (AvgIpc) is 2.75. The summed E-state index contributed by atoms with van der Waals surface area (Å²) in [5.74, 6) is 1.19. The van der Waals surface area contributed by atoms with Gasteiger partial charge >= 0.3 is 0 Å². The molecule has 0 aliphatic carbocycles. The third-order valence-corrected chi connectivity index (χ3v) is 4.85. The lowest BCUT2D eigenvalue weighted by molar-refractivity contribution is 0.497. The smallest absolute Gasteiger partial charge is 0.153 e. The van der Waals surface area contributed by atoms with Crippen molar-refractivity contribution in [3.05, 3.63) is 24.2 Å². The van der Waals surface area contributed by atoms with Gasteiger partial charge in [-0.3, -0.25) is 0 Å². The van der Waals surface area contributed by atoms with Crippen LogP contribution in [0.25, 0.3) is 0 Å². The highest BCUT2D eigenvalue weighted by Gasteiger charge is 2.14. The van der Waals surface area contributed by atoms with Gasteiger partial charge in [0.15, 0.2) is 9.84 Å². The molecule has 0 amide bonds. The van der Waals surface area contributed by atoms with Crippen molar-refractivity contribution in [1.29, 1.82) is 0 Å². The van der Waals surface area contributed by atoms with E-state index in [-0.39, 0.29) is 11.0 Å². The molecule has 0 saturated heterocycles. The molecule has 98 valence electrons. The van der Waals surface area contributed by atoms with E-state index >= 15 is 0 Å². The summed E-state index contributed by atoms with van der Waals surface area (Å²) in [5, 5.41) is 2.85. The molecule has 0 bridgehead atoms. The Morgan fingerprint density at radius 2 is 2.12 bits per heavy atom. The maximum atomic E-state index is 11.5. The Morgan fingerprint density at radius 1 is 1.35 bits per heavy atom. The van der Waals surface area contributed by atoms with E-state index in [1.54, 1.807) is 20.1 Å². The molecule has 5 heteroatoms. The highest BCUT2D eigenvalue weighted by molar-refractivity contribution is 7.92. The van der Waals surface area contributed by atoms with E-state index in [0.717, 1.165) is 25.1 Å². The molecule has 4 nitrogen and oxygen atoms in total. The van der Waals surface area contributed by atoms with Crippen LogP contribution in [0.2, 0.25) is 0 Å². The highest BCUT2D eigenvalue weighted by Crippen LogP contribution is 2.02. The van der Waals surface area contributed by atoms with Crippen molar-refractivity contribution in [2.45, 2.75) is 31.9 Å². The zero-order chi connectivity index (χ0) is 12.7. The zero-order valence-corrected chi connectivity index (χ0v) is 11.3. The number of rotatable bonds is 8. The largest absolute Gasteiger partial charge is 0.469 e. The molecule has 1 heterocycles. The standard InChI is InChI=1S/C12H21NO3S/c1-11(2)17(14,15)10-8-13-7-3-5-12-6-4-9-16-12/h4,6,9,11,13H,3,5,7-8,10H2,1-2H3. The molecule has 0 fully saturated rings. The second kappa shape index (κ2) is 6.81. The van der Waals surface area contributed by atoms with E-state index in [9.17, 15) is 8.42 Å². The molecule has 1 rings (SSSR count). The van der Waals surface area contributed by atoms with Crippen LogP contribution < -0.4 is 5.32 Å². The Labute approximate surface area is 103 Å². The van der Waals surface area contributed by atoms with Crippen LogP contribution in [0.1, 0.15) is 26.0 Å². The van der Waals surface area contributed by atoms with Crippen molar-refractivity contribution >= 4 is 9.84 Å². The molecule has 0 aliphatic rings. The second-order valence-corrected chi connectivity index (χ2v) is 7.03. The summed E-state index contributed by atoms with van der Waals surface area (Å²) >= 11 is 0. The third-order valence-electron chi connectivity index (χ3n) is 2.64. The van der Waals surface area contributed by atoms with Gasteiger partial charge in [-0.25, -0.2) is 8.42 Å². The number of sulfone groups is 1. The molecule has 0 spiro atoms. The Kier molecular flexibility index (Phi) is 5.71. The minimum absolute atomic E-state index is 0.214. The van der Waals surface area contributed by atoms with Gasteiger partial charge in [-0.05, 0) is 38.9 Å². The Hall–Kier alpha value is -0.810. The summed E-state index contributed by atoms with van der Waals surface area (Å²) in [6.45, 7) is 4.77. The molecule has 0 aromatic carbocycles. The third kappa shape index (κ3) is 5.37. The van der Waals surface area contributed by atoms with Crippen molar-refractivity contribution in [2.24, 2.45) is 0 Å². The molecule has 1 aromatic heterocycles. The fourth-order valence-electron chi connectivity index (χ4n) is 1.42. The van der Waals surface area contributed by atoms with Crippen molar-refractivity contribution in [1.82, 2.24) is 5.32 Å². The van der Waals surface area contributed by atoms with Crippen molar-refractivity contribution < 1.29 is 12.8 Å². The number of furan rings is 1. The summed E-state index contributed by atoms with van der Waals surface area (Å²) in [6, 6.07) is 3.82. The lowest BCUT2D eigenvalue weighted by atomic mass is 10.2. The highest BCUT2D eigenvalue weighted by atomic mass is 32.2. The summed E-state index contributed by atoms with van der Waals surface area (Å²) < 4.78 is 28.2. The molecule has 0 radical (unpaired) electrons. The van der Waals surface area contributed by atoms with Gasteiger partial charge in [0.25, 0.3) is 0 Å². The fourth-order valence-corrected chi connectivity index (χ4v) is 2.32. The van der Waals surface area contributed by atoms with Crippen molar-refractivity contribution in [3.8, 4) is 0 Å². The van der Waals surface area contributed by atoms with E-state index in [1.165, 1.54) is 0 Å². The number of hydrogen-bond acceptors (Lipinski definition) is 4. The first-order valence-electron chi connectivity index (χ1n) is 5.97. The van der Waals surface area contributed by atoms with Crippen LogP contribution in [-0.4, -0.2) is 32.5 Å². The van der Waals surface area contributed by atoms with Crippen molar-refractivity contribution in [3.63, 3.8) is 0 Å². The van der Waals surface area contributed by atoms with Crippen molar-refractivity contribution in [2.75, 3.05) is 18.8 Å². The van der Waals surface area contributed by atoms with E-state index in [1.807, 2.05) is 12.1 Å². The predicted molar refractivity (Wildman–Crippen MR) is 68.8 cm³/mol. The zero-order valence-electron chi connectivity index (χ0n) is 10.5. The van der Waals surface area contributed by atoms with Crippen LogP contribution in [-0.2, 0) is 16.3 Å². The summed E-state index contributed by atoms with van der Waals surface area (Å²) in [4.78, 5) is 0. The van der Waals surface area contributed by atoms with Gasteiger partial charge in [-0.1, -0.05) is 0 Å². The summed E-state index contributed by atoms with van der Waals surface area (Å²) in [7, 11) is -2.91. The first kappa shape index (κ1) is 14.3. The summed E-state index contributed by atoms with van der Waals surface area (Å²) in [5.41, 5.74) is 0. The van der Waals surface area contributed by atoms with Crippen LogP contribution in [0.5, 0.6) is 0 Å². The number of nitrogens with one attached hydrogen (secondary N) is 1. The lowest BCUT2D eigenvalue weighted by Gasteiger charge is -2.08. The molecule has 0 aliphatic heterocycles. The second-order valence-electron chi connectivity index (χ2n) is 4.35. The minimum atomic E-state index is -2.91. The topological polar surface area (TPSA) is 59.3 Å². The SMILES string of the molecule is CC(C)S(=O)(=O)CCNCCCc1ccco1. The van der Waals surface area contributed by atoms with Gasteiger partial charge < -0.3 is 9.73 Å². The van der Waals surface area contributed by atoms with Gasteiger partial charge in [-0.2, -0.15) is 0 Å². The van der Waals surface area contributed by atoms with Gasteiger partial charge in [-0.15, -0.1) is 0 Å². The molecular weight excluding hydrogens is 238 g/mol. The average molecular weight is 259 g/mol. The number of hydrogen-bond donors (Lipinski definition) is 1. The van der Waals surface area contributed by atoms with Gasteiger partial charge in [0, 0.05) is 13.0 Å². The monoisotopic (exact) mass is 259 g/mol. The maximum Gasteiger partial charge on any atom is 0.153 e. The van der Waals surface area contributed by atoms with E-state index in [0.29, 0.717) is 6.54 Å². The Morgan fingerprint density at radius 3 is 2.71 bits per heavy atom. The van der Waals surface area contributed by atoms with Gasteiger partial charge in [0.05, 0.1) is 17.3 Å². The van der Waals surface area contributed by atoms with E-state index in [4.69, 9.17) is 4.42 Å². The molecular formula is C12H21NO3S. The molecule has 0 unspecified atom stereocenters. The van der Waals surface area contributed by atoms with E-state index in [2.05, 4.69) is 5.32 Å². The van der Waals surface area contributed by atoms with Crippen LogP contribution in [0, 0.1) is 0 Å². The molecule has 0 atom stereocenters. The normalized spacial score (nSPS) is 12.2. The van der Waals surface area contributed by atoms with Gasteiger partial charge in [0.2, 0.25) is 0 Å². The van der Waals surface area contributed by atoms with Crippen LogP contribution in [0.4, 0.5) is 0 Å². The molecule has 1 N–H and O–H groups in total. The first-order valence-corrected chi connectivity index (χ1v) is 7.68. The summed E-state index contributed by atoms with van der Waals surface area (Å²) in [6.07, 6.45) is 3.50. The Bertz CT molecular complexity index is 395. The Balaban J connectivity index is 2.05. The van der Waals surface area contributed by atoms with Crippen LogP contribution in [0.3, 0.4) is 0 Å². The predicted octanol–water partition coefficient (Wildman–Crippen LogP) is 1.62. The maximum absolute atomic E-state index is 11.5. The van der Waals surface area contributed by atoms with Crippen LogP contribution >= 0.6 is 0 Å².